The van der Waals surface area contributed by atoms with E-state index in [0.717, 1.165) is 0 Å². The van der Waals surface area contributed by atoms with Crippen molar-refractivity contribution >= 4 is 18.0 Å². The summed E-state index contributed by atoms with van der Waals surface area (Å²) in [5.41, 5.74) is 0. The summed E-state index contributed by atoms with van der Waals surface area (Å²) in [5, 5.41) is 3.79. The fourth-order valence-electron chi connectivity index (χ4n) is 0.998. The molecule has 0 fully saturated rings. The third kappa shape index (κ3) is 3.83. The molecule has 0 aliphatic heterocycles. The number of thioether (sulfide) groups is 1. The van der Waals surface area contributed by atoms with Crippen molar-refractivity contribution in [1.29, 1.82) is 0 Å². The lowest BCUT2D eigenvalue weighted by Crippen LogP contribution is -2.16. The van der Waals surface area contributed by atoms with Crippen LogP contribution >= 0.6 is 11.8 Å². The molecule has 14 heavy (non-hydrogen) atoms. The Hall–Kier alpha value is -0.960. The Morgan fingerprint density at radius 2 is 1.93 bits per heavy atom. The molecule has 0 unspecified atom stereocenters. The predicted octanol–water partition coefficient (Wildman–Crippen LogP) is 3.19. The van der Waals surface area contributed by atoms with E-state index in [2.05, 4.69) is 36.0 Å². The number of rotatable bonds is 4. The highest BCUT2D eigenvalue weighted by Gasteiger charge is 2.16. The summed E-state index contributed by atoms with van der Waals surface area (Å²) >= 11 is 1.76. The number of nitrogens with zero attached hydrogens (tertiary/aromatic N) is 1. The highest BCUT2D eigenvalue weighted by atomic mass is 32.2. The highest BCUT2D eigenvalue weighted by Crippen LogP contribution is 2.30. The van der Waals surface area contributed by atoms with Gasteiger partial charge in [0.05, 0.1) is 11.0 Å². The van der Waals surface area contributed by atoms with Gasteiger partial charge in [-0.15, -0.1) is 11.8 Å². The van der Waals surface area contributed by atoms with E-state index in [1.807, 2.05) is 24.4 Å². The Kier molecular flexibility index (Phi) is 4.01. The average Bonchev–Trinajstić information content (AvgIpc) is 2.16. The maximum absolute atomic E-state index is 4.67. The van der Waals surface area contributed by atoms with Gasteiger partial charge in [-0.3, -0.25) is 0 Å². The number of benzene rings is 1. The fraction of sp³-hybridized carbons (Fsp3) is 0.364. The van der Waals surface area contributed by atoms with Crippen LogP contribution in [-0.2, 0) is 4.84 Å². The fourth-order valence-corrected chi connectivity index (χ4v) is 1.99. The first-order chi connectivity index (χ1) is 6.64. The molecule has 0 heterocycles. The summed E-state index contributed by atoms with van der Waals surface area (Å²) < 4.78 is -0.0443. The van der Waals surface area contributed by atoms with Gasteiger partial charge in [-0.1, -0.05) is 23.4 Å². The molecule has 76 valence electrons. The zero-order valence-electron chi connectivity index (χ0n) is 8.73. The molecule has 1 aromatic carbocycles. The van der Waals surface area contributed by atoms with Gasteiger partial charge in [-0.05, 0) is 26.0 Å². The van der Waals surface area contributed by atoms with E-state index in [0.29, 0.717) is 0 Å². The molecule has 0 aliphatic rings. The first-order valence-electron chi connectivity index (χ1n) is 4.46. The Morgan fingerprint density at radius 1 is 1.29 bits per heavy atom. The number of hydrogen-bond donors (Lipinski definition) is 0. The molecule has 0 aliphatic carbocycles. The van der Waals surface area contributed by atoms with Crippen LogP contribution in [0.5, 0.6) is 0 Å². The lowest BCUT2D eigenvalue weighted by atomic mass is 10.2. The van der Waals surface area contributed by atoms with Crippen molar-refractivity contribution in [2.45, 2.75) is 23.5 Å². The summed E-state index contributed by atoms with van der Waals surface area (Å²) in [7, 11) is 1.56. The zero-order valence-corrected chi connectivity index (χ0v) is 9.54. The van der Waals surface area contributed by atoms with Gasteiger partial charge in [0.15, 0.2) is 0 Å². The predicted molar refractivity (Wildman–Crippen MR) is 61.9 cm³/mol. The highest BCUT2D eigenvalue weighted by molar-refractivity contribution is 8.01. The molecule has 0 saturated carbocycles. The van der Waals surface area contributed by atoms with Gasteiger partial charge in [0.25, 0.3) is 0 Å². The maximum atomic E-state index is 4.67. The third-order valence-corrected chi connectivity index (χ3v) is 2.73. The Labute approximate surface area is 89.3 Å². The topological polar surface area (TPSA) is 21.6 Å². The van der Waals surface area contributed by atoms with Gasteiger partial charge in [-0.25, -0.2) is 0 Å². The van der Waals surface area contributed by atoms with E-state index >= 15 is 0 Å². The second kappa shape index (κ2) is 5.05. The van der Waals surface area contributed by atoms with Crippen molar-refractivity contribution in [3.8, 4) is 0 Å². The molecule has 1 rings (SSSR count). The van der Waals surface area contributed by atoms with Crippen molar-refractivity contribution in [1.82, 2.24) is 0 Å². The van der Waals surface area contributed by atoms with E-state index in [-0.39, 0.29) is 4.75 Å². The average molecular weight is 209 g/mol. The van der Waals surface area contributed by atoms with Crippen LogP contribution in [0.1, 0.15) is 13.8 Å². The summed E-state index contributed by atoms with van der Waals surface area (Å²) in [6.07, 6.45) is 1.81. The van der Waals surface area contributed by atoms with Gasteiger partial charge in [0.1, 0.15) is 7.11 Å². The Balaban J connectivity index is 2.63. The monoisotopic (exact) mass is 209 g/mol. The van der Waals surface area contributed by atoms with Crippen LogP contribution in [0.3, 0.4) is 0 Å². The Morgan fingerprint density at radius 3 is 2.50 bits per heavy atom. The van der Waals surface area contributed by atoms with Crippen molar-refractivity contribution in [2.24, 2.45) is 5.16 Å². The van der Waals surface area contributed by atoms with Gasteiger partial charge in [0.2, 0.25) is 0 Å². The molecule has 2 nitrogen and oxygen atoms in total. The van der Waals surface area contributed by atoms with Crippen LogP contribution in [0.15, 0.2) is 40.4 Å². The van der Waals surface area contributed by atoms with Crippen LogP contribution in [0.2, 0.25) is 0 Å². The smallest absolute Gasteiger partial charge is 0.106 e. The summed E-state index contributed by atoms with van der Waals surface area (Å²) in [6.45, 7) is 4.21. The van der Waals surface area contributed by atoms with Crippen molar-refractivity contribution in [2.75, 3.05) is 7.11 Å². The molecule has 0 saturated heterocycles. The second-order valence-electron chi connectivity index (χ2n) is 3.44. The molecule has 0 bridgehead atoms. The normalized spacial score (nSPS) is 11.9. The largest absolute Gasteiger partial charge is 0.399 e. The van der Waals surface area contributed by atoms with Crippen LogP contribution in [0.4, 0.5) is 0 Å². The minimum absolute atomic E-state index is 0.0443. The Bertz CT molecular complexity index is 295. The van der Waals surface area contributed by atoms with E-state index in [9.17, 15) is 0 Å². The quantitative estimate of drug-likeness (QED) is 0.431. The van der Waals surface area contributed by atoms with Crippen molar-refractivity contribution < 1.29 is 4.84 Å². The lowest BCUT2D eigenvalue weighted by molar-refractivity contribution is 0.214. The van der Waals surface area contributed by atoms with Crippen molar-refractivity contribution in [3.63, 3.8) is 0 Å². The molecule has 0 atom stereocenters. The minimum atomic E-state index is -0.0443. The summed E-state index contributed by atoms with van der Waals surface area (Å²) in [5.74, 6) is 0. The third-order valence-electron chi connectivity index (χ3n) is 1.59. The van der Waals surface area contributed by atoms with Crippen LogP contribution in [-0.4, -0.2) is 18.1 Å². The summed E-state index contributed by atoms with van der Waals surface area (Å²) in [6, 6.07) is 10.3. The standard InChI is InChI=1S/C11H15NOS/c1-11(2,9-12-13-3)14-10-7-5-4-6-8-10/h4-9H,1-3H3/b12-9-. The van der Waals surface area contributed by atoms with E-state index < -0.39 is 0 Å². The van der Waals surface area contributed by atoms with Gasteiger partial charge < -0.3 is 4.84 Å². The van der Waals surface area contributed by atoms with Gasteiger partial charge in [0, 0.05) is 4.90 Å². The maximum Gasteiger partial charge on any atom is 0.106 e. The molecular formula is C11H15NOS. The first kappa shape index (κ1) is 11.1. The molecule has 0 spiro atoms. The van der Waals surface area contributed by atoms with Crippen LogP contribution in [0.25, 0.3) is 0 Å². The van der Waals surface area contributed by atoms with Crippen molar-refractivity contribution in [3.05, 3.63) is 30.3 Å². The van der Waals surface area contributed by atoms with Crippen LogP contribution < -0.4 is 0 Å². The molecule has 0 amide bonds. The molecule has 1 aromatic rings. The molecular weight excluding hydrogens is 194 g/mol. The summed E-state index contributed by atoms with van der Waals surface area (Å²) in [4.78, 5) is 5.91. The second-order valence-corrected chi connectivity index (χ2v) is 5.16. The number of hydrogen-bond acceptors (Lipinski definition) is 3. The lowest BCUT2D eigenvalue weighted by Gasteiger charge is -2.17. The van der Waals surface area contributed by atoms with Gasteiger partial charge in [-0.2, -0.15) is 0 Å². The number of oxime groups is 1. The SMILES string of the molecule is CO/N=C\C(C)(C)Sc1ccccc1. The van der Waals surface area contributed by atoms with Crippen LogP contribution in [0, 0.1) is 0 Å². The molecule has 0 N–H and O–H groups in total. The minimum Gasteiger partial charge on any atom is -0.399 e. The van der Waals surface area contributed by atoms with Gasteiger partial charge >= 0.3 is 0 Å². The molecule has 0 radical (unpaired) electrons. The zero-order chi connectivity index (χ0) is 10.4. The van der Waals surface area contributed by atoms with E-state index in [1.165, 1.54) is 4.90 Å². The first-order valence-corrected chi connectivity index (χ1v) is 5.27. The van der Waals surface area contributed by atoms with E-state index in [1.54, 1.807) is 18.9 Å². The van der Waals surface area contributed by atoms with E-state index in [4.69, 9.17) is 0 Å². The molecule has 0 aromatic heterocycles. The molecule has 3 heteroatoms.